The lowest BCUT2D eigenvalue weighted by molar-refractivity contribution is -0.384. The predicted molar refractivity (Wildman–Crippen MR) is 103 cm³/mol. The lowest BCUT2D eigenvalue weighted by atomic mass is 10.0. The van der Waals surface area contributed by atoms with Crippen molar-refractivity contribution in [1.29, 1.82) is 0 Å². The first-order chi connectivity index (χ1) is 12.5. The van der Waals surface area contributed by atoms with Crippen molar-refractivity contribution in [2.24, 2.45) is 0 Å². The molecular weight excluding hydrogens is 352 g/mol. The van der Waals surface area contributed by atoms with E-state index in [9.17, 15) is 14.9 Å². The number of rotatable bonds is 8. The highest BCUT2D eigenvalue weighted by Crippen LogP contribution is 2.29. The van der Waals surface area contributed by atoms with Gasteiger partial charge in [-0.3, -0.25) is 14.9 Å². The van der Waals surface area contributed by atoms with Gasteiger partial charge in [-0.05, 0) is 31.5 Å². The fourth-order valence-electron chi connectivity index (χ4n) is 2.55. The number of hydrogen-bond donors (Lipinski definition) is 1. The maximum atomic E-state index is 12.6. The molecule has 26 heavy (non-hydrogen) atoms. The Morgan fingerprint density at radius 1 is 1.23 bits per heavy atom. The molecule has 0 saturated heterocycles. The van der Waals surface area contributed by atoms with Gasteiger partial charge in [-0.15, -0.1) is 11.8 Å². The largest absolute Gasteiger partial charge is 0.496 e. The summed E-state index contributed by atoms with van der Waals surface area (Å²) in [7, 11) is 1.61. The van der Waals surface area contributed by atoms with Crippen molar-refractivity contribution in [3.8, 4) is 5.75 Å². The minimum atomic E-state index is -0.441. The van der Waals surface area contributed by atoms with Gasteiger partial charge >= 0.3 is 0 Å². The van der Waals surface area contributed by atoms with Crippen molar-refractivity contribution >= 4 is 23.4 Å². The standard InChI is InChI=1S/C19H22N2O4S/c1-4-17(16-7-5-6-8-18(16)25-3)20-19(22)13(2)26-15-11-9-14(10-12-15)21(23)24/h5-13,17H,4H2,1-3H3,(H,20,22). The van der Waals surface area contributed by atoms with E-state index in [1.807, 2.05) is 38.1 Å². The number of non-ortho nitro benzene ring substituents is 1. The first-order valence-electron chi connectivity index (χ1n) is 8.30. The molecule has 0 aliphatic heterocycles. The van der Waals surface area contributed by atoms with Crippen LogP contribution in [0.15, 0.2) is 53.4 Å². The van der Waals surface area contributed by atoms with Crippen molar-refractivity contribution in [3.63, 3.8) is 0 Å². The van der Waals surface area contributed by atoms with Gasteiger partial charge in [0.05, 0.1) is 23.3 Å². The van der Waals surface area contributed by atoms with Crippen molar-refractivity contribution in [2.45, 2.75) is 36.5 Å². The van der Waals surface area contributed by atoms with Crippen LogP contribution in [0.1, 0.15) is 31.9 Å². The van der Waals surface area contributed by atoms with E-state index >= 15 is 0 Å². The summed E-state index contributed by atoms with van der Waals surface area (Å²) in [5, 5.41) is 13.4. The van der Waals surface area contributed by atoms with Crippen LogP contribution in [-0.2, 0) is 4.79 Å². The zero-order valence-corrected chi connectivity index (χ0v) is 15.8. The number of ether oxygens (including phenoxy) is 1. The molecule has 2 aromatic carbocycles. The number of carbonyl (C=O) groups excluding carboxylic acids is 1. The number of nitrogens with zero attached hydrogens (tertiary/aromatic N) is 1. The van der Waals surface area contributed by atoms with Crippen LogP contribution >= 0.6 is 11.8 Å². The number of benzene rings is 2. The summed E-state index contributed by atoms with van der Waals surface area (Å²) in [4.78, 5) is 23.7. The molecule has 2 aromatic rings. The highest BCUT2D eigenvalue weighted by molar-refractivity contribution is 8.00. The molecule has 0 aromatic heterocycles. The molecule has 2 rings (SSSR count). The Morgan fingerprint density at radius 2 is 1.88 bits per heavy atom. The fourth-order valence-corrected chi connectivity index (χ4v) is 3.42. The number of thioether (sulfide) groups is 1. The van der Waals surface area contributed by atoms with E-state index < -0.39 is 4.92 Å². The molecule has 0 fully saturated rings. The van der Waals surface area contributed by atoms with Crippen LogP contribution in [0, 0.1) is 10.1 Å². The minimum Gasteiger partial charge on any atom is -0.496 e. The number of hydrogen-bond acceptors (Lipinski definition) is 5. The van der Waals surface area contributed by atoms with E-state index in [-0.39, 0.29) is 22.9 Å². The van der Waals surface area contributed by atoms with E-state index in [0.717, 1.165) is 22.6 Å². The zero-order chi connectivity index (χ0) is 19.1. The van der Waals surface area contributed by atoms with Crippen LogP contribution in [0.4, 0.5) is 5.69 Å². The number of amides is 1. The lowest BCUT2D eigenvalue weighted by Gasteiger charge is -2.22. The Labute approximate surface area is 157 Å². The van der Waals surface area contributed by atoms with E-state index in [2.05, 4.69) is 5.32 Å². The third-order valence-corrected chi connectivity index (χ3v) is 5.08. The Bertz CT molecular complexity index is 764. The number of methoxy groups -OCH3 is 1. The fraction of sp³-hybridized carbons (Fsp3) is 0.316. The van der Waals surface area contributed by atoms with E-state index in [0.29, 0.717) is 0 Å². The van der Waals surface area contributed by atoms with E-state index in [1.165, 1.54) is 23.9 Å². The van der Waals surface area contributed by atoms with Gasteiger partial charge < -0.3 is 10.1 Å². The summed E-state index contributed by atoms with van der Waals surface area (Å²) in [6.07, 6.45) is 0.737. The summed E-state index contributed by atoms with van der Waals surface area (Å²) < 4.78 is 5.38. The summed E-state index contributed by atoms with van der Waals surface area (Å²) in [6.45, 7) is 3.82. The van der Waals surface area contributed by atoms with E-state index in [1.54, 1.807) is 19.2 Å². The first-order valence-corrected chi connectivity index (χ1v) is 9.18. The van der Waals surface area contributed by atoms with Gasteiger partial charge in [0.25, 0.3) is 5.69 Å². The number of carbonyl (C=O) groups is 1. The Morgan fingerprint density at radius 3 is 2.46 bits per heavy atom. The van der Waals surface area contributed by atoms with Crippen LogP contribution in [-0.4, -0.2) is 23.2 Å². The summed E-state index contributed by atoms with van der Waals surface area (Å²) in [6, 6.07) is 13.7. The summed E-state index contributed by atoms with van der Waals surface area (Å²) in [5.41, 5.74) is 0.979. The van der Waals surface area contributed by atoms with Gasteiger partial charge in [0.1, 0.15) is 5.75 Å². The zero-order valence-electron chi connectivity index (χ0n) is 15.0. The number of nitrogens with one attached hydrogen (secondary N) is 1. The summed E-state index contributed by atoms with van der Waals surface area (Å²) in [5.74, 6) is 0.654. The molecule has 0 aliphatic carbocycles. The number of nitro benzene ring substituents is 1. The molecular formula is C19H22N2O4S. The Hall–Kier alpha value is -2.54. The maximum absolute atomic E-state index is 12.6. The van der Waals surface area contributed by atoms with Crippen molar-refractivity contribution in [2.75, 3.05) is 7.11 Å². The molecule has 0 aliphatic rings. The van der Waals surface area contributed by atoms with E-state index in [4.69, 9.17) is 4.74 Å². The average Bonchev–Trinajstić information content (AvgIpc) is 2.66. The second-order valence-corrected chi connectivity index (χ2v) is 7.14. The van der Waals surface area contributed by atoms with Gasteiger partial charge in [0, 0.05) is 22.6 Å². The van der Waals surface area contributed by atoms with Crippen LogP contribution in [0.3, 0.4) is 0 Å². The highest BCUT2D eigenvalue weighted by Gasteiger charge is 2.21. The highest BCUT2D eigenvalue weighted by atomic mass is 32.2. The molecule has 1 amide bonds. The van der Waals surface area contributed by atoms with Crippen LogP contribution in [0.5, 0.6) is 5.75 Å². The molecule has 1 N–H and O–H groups in total. The molecule has 7 heteroatoms. The van der Waals surface area contributed by atoms with Crippen LogP contribution in [0.2, 0.25) is 0 Å². The molecule has 138 valence electrons. The molecule has 2 unspecified atom stereocenters. The average molecular weight is 374 g/mol. The molecule has 2 atom stereocenters. The smallest absolute Gasteiger partial charge is 0.269 e. The van der Waals surface area contributed by atoms with Crippen molar-refractivity contribution in [3.05, 3.63) is 64.2 Å². The Kier molecular flexibility index (Phi) is 7.03. The molecule has 0 bridgehead atoms. The van der Waals surface area contributed by atoms with Crippen LogP contribution < -0.4 is 10.1 Å². The molecule has 6 nitrogen and oxygen atoms in total. The van der Waals surface area contributed by atoms with Crippen molar-refractivity contribution < 1.29 is 14.5 Å². The van der Waals surface area contributed by atoms with Gasteiger partial charge in [0.2, 0.25) is 5.91 Å². The number of para-hydroxylation sites is 1. The second-order valence-electron chi connectivity index (χ2n) is 5.72. The van der Waals surface area contributed by atoms with Gasteiger partial charge in [-0.2, -0.15) is 0 Å². The quantitative estimate of drug-likeness (QED) is 0.422. The molecule has 0 saturated carbocycles. The minimum absolute atomic E-state index is 0.0358. The second kappa shape index (κ2) is 9.24. The molecule has 0 radical (unpaired) electrons. The van der Waals surface area contributed by atoms with Gasteiger partial charge in [0.15, 0.2) is 0 Å². The van der Waals surface area contributed by atoms with Crippen molar-refractivity contribution in [1.82, 2.24) is 5.32 Å². The third kappa shape index (κ3) is 4.98. The maximum Gasteiger partial charge on any atom is 0.269 e. The van der Waals surface area contributed by atoms with Gasteiger partial charge in [-0.1, -0.05) is 25.1 Å². The number of nitro groups is 1. The lowest BCUT2D eigenvalue weighted by Crippen LogP contribution is -2.34. The van der Waals surface area contributed by atoms with Gasteiger partial charge in [-0.25, -0.2) is 0 Å². The predicted octanol–water partition coefficient (Wildman–Crippen LogP) is 4.35. The Balaban J connectivity index is 2.03. The third-order valence-electron chi connectivity index (χ3n) is 3.97. The topological polar surface area (TPSA) is 81.5 Å². The first kappa shape index (κ1) is 19.8. The molecule has 0 spiro atoms. The monoisotopic (exact) mass is 374 g/mol. The normalized spacial score (nSPS) is 12.9. The SMILES string of the molecule is CCC(NC(=O)C(C)Sc1ccc([N+](=O)[O-])cc1)c1ccccc1OC. The summed E-state index contributed by atoms with van der Waals surface area (Å²) >= 11 is 1.36. The molecule has 0 heterocycles. The van der Waals surface area contributed by atoms with Crippen LogP contribution in [0.25, 0.3) is 0 Å².